The lowest BCUT2D eigenvalue weighted by atomic mass is 10.1. The summed E-state index contributed by atoms with van der Waals surface area (Å²) in [7, 11) is 0. The molecule has 0 aliphatic rings. The Bertz CT molecular complexity index is 384. The predicted molar refractivity (Wildman–Crippen MR) is 74.7 cm³/mol. The van der Waals surface area contributed by atoms with Crippen molar-refractivity contribution in [3.63, 3.8) is 0 Å². The van der Waals surface area contributed by atoms with Gasteiger partial charge in [0, 0.05) is 4.47 Å². The number of halogens is 1. The van der Waals surface area contributed by atoms with E-state index in [0.717, 1.165) is 36.0 Å². The molecule has 0 bridgehead atoms. The van der Waals surface area contributed by atoms with Gasteiger partial charge in [-0.1, -0.05) is 54.4 Å². The van der Waals surface area contributed by atoms with Gasteiger partial charge in [-0.2, -0.15) is 5.26 Å². The molecule has 0 radical (unpaired) electrons. The molecule has 0 N–H and O–H groups in total. The van der Waals surface area contributed by atoms with Crippen LogP contribution in [0, 0.1) is 11.3 Å². The van der Waals surface area contributed by atoms with Gasteiger partial charge in [0.15, 0.2) is 0 Å². The van der Waals surface area contributed by atoms with E-state index in [4.69, 9.17) is 0 Å². The summed E-state index contributed by atoms with van der Waals surface area (Å²) in [5, 5.41) is 9.39. The zero-order valence-corrected chi connectivity index (χ0v) is 12.1. The fourth-order valence-corrected chi connectivity index (χ4v) is 2.38. The first-order valence-corrected chi connectivity index (χ1v) is 6.92. The minimum absolute atomic E-state index is 0.151. The third kappa shape index (κ3) is 3.83. The third-order valence-electron chi connectivity index (χ3n) is 2.89. The van der Waals surface area contributed by atoms with Crippen LogP contribution in [0.1, 0.15) is 38.3 Å². The highest BCUT2D eigenvalue weighted by Crippen LogP contribution is 2.27. The molecule has 2 nitrogen and oxygen atoms in total. The summed E-state index contributed by atoms with van der Waals surface area (Å²) in [4.78, 5) is 2.23. The van der Waals surface area contributed by atoms with E-state index in [2.05, 4.69) is 40.7 Å². The lowest BCUT2D eigenvalue weighted by Crippen LogP contribution is -2.29. The monoisotopic (exact) mass is 294 g/mol. The summed E-state index contributed by atoms with van der Waals surface area (Å²) in [6.45, 7) is 6.16. The van der Waals surface area contributed by atoms with Crippen LogP contribution in [0.4, 0.5) is 0 Å². The molecule has 0 aliphatic carbocycles. The molecule has 0 saturated heterocycles. The first kappa shape index (κ1) is 14.2. The Morgan fingerprint density at radius 1 is 1.35 bits per heavy atom. The Kier molecular flexibility index (Phi) is 6.25. The molecule has 17 heavy (non-hydrogen) atoms. The standard InChI is InChI=1S/C14H19BrN2/c1-3-5-10-17(4-2)14(11-16)12-8-6-7-9-13(12)15/h6-9,14H,3-5,10H2,1-2H3. The second kappa shape index (κ2) is 7.47. The van der Waals surface area contributed by atoms with Gasteiger partial charge in [-0.05, 0) is 31.1 Å². The number of rotatable bonds is 6. The SMILES string of the molecule is CCCCN(CC)C(C#N)c1ccccc1Br. The molecule has 0 aliphatic heterocycles. The third-order valence-corrected chi connectivity index (χ3v) is 3.61. The lowest BCUT2D eigenvalue weighted by Gasteiger charge is -2.26. The molecule has 1 unspecified atom stereocenters. The summed E-state index contributed by atoms with van der Waals surface area (Å²) in [5.74, 6) is 0. The molecule has 0 spiro atoms. The Hall–Kier alpha value is -0.850. The largest absolute Gasteiger partial charge is 0.285 e. The molecule has 0 fully saturated rings. The Balaban J connectivity index is 2.90. The molecule has 92 valence electrons. The van der Waals surface area contributed by atoms with Crippen molar-refractivity contribution < 1.29 is 0 Å². The minimum Gasteiger partial charge on any atom is -0.285 e. The van der Waals surface area contributed by atoms with Crippen molar-refractivity contribution in [1.29, 1.82) is 5.26 Å². The first-order chi connectivity index (χ1) is 8.24. The van der Waals surface area contributed by atoms with Crippen LogP contribution in [0.25, 0.3) is 0 Å². The summed E-state index contributed by atoms with van der Waals surface area (Å²) in [6.07, 6.45) is 2.29. The second-order valence-electron chi connectivity index (χ2n) is 4.04. The van der Waals surface area contributed by atoms with Crippen molar-refractivity contribution in [3.05, 3.63) is 34.3 Å². The highest BCUT2D eigenvalue weighted by Gasteiger charge is 2.19. The number of hydrogen-bond donors (Lipinski definition) is 0. The maximum absolute atomic E-state index is 9.39. The van der Waals surface area contributed by atoms with E-state index in [0.29, 0.717) is 0 Å². The molecule has 0 heterocycles. The zero-order chi connectivity index (χ0) is 12.7. The average molecular weight is 295 g/mol. The van der Waals surface area contributed by atoms with Gasteiger partial charge in [-0.3, -0.25) is 4.90 Å². The number of benzene rings is 1. The quantitative estimate of drug-likeness (QED) is 0.788. The maximum Gasteiger partial charge on any atom is 0.124 e. The Labute approximate surface area is 112 Å². The van der Waals surface area contributed by atoms with Crippen molar-refractivity contribution in [2.24, 2.45) is 0 Å². The molecule has 1 rings (SSSR count). The zero-order valence-electron chi connectivity index (χ0n) is 10.5. The van der Waals surface area contributed by atoms with Crippen molar-refractivity contribution in [2.75, 3.05) is 13.1 Å². The molecule has 0 saturated carbocycles. The average Bonchev–Trinajstić information content (AvgIpc) is 2.36. The number of nitriles is 1. The van der Waals surface area contributed by atoms with Crippen LogP contribution < -0.4 is 0 Å². The van der Waals surface area contributed by atoms with Crippen LogP contribution in [0.15, 0.2) is 28.7 Å². The van der Waals surface area contributed by atoms with Gasteiger partial charge >= 0.3 is 0 Å². The van der Waals surface area contributed by atoms with Crippen molar-refractivity contribution in [3.8, 4) is 6.07 Å². The van der Waals surface area contributed by atoms with Gasteiger partial charge in [0.05, 0.1) is 6.07 Å². The van der Waals surface area contributed by atoms with Gasteiger partial charge in [-0.15, -0.1) is 0 Å². The van der Waals surface area contributed by atoms with Crippen LogP contribution >= 0.6 is 15.9 Å². The summed E-state index contributed by atoms with van der Waals surface area (Å²) >= 11 is 3.53. The first-order valence-electron chi connectivity index (χ1n) is 6.12. The van der Waals surface area contributed by atoms with Gasteiger partial charge in [0.25, 0.3) is 0 Å². The molecule has 1 atom stereocenters. The molecular formula is C14H19BrN2. The van der Waals surface area contributed by atoms with Gasteiger partial charge in [0.1, 0.15) is 6.04 Å². The minimum atomic E-state index is -0.151. The lowest BCUT2D eigenvalue weighted by molar-refractivity contribution is 0.244. The van der Waals surface area contributed by atoms with Crippen LogP contribution in [-0.4, -0.2) is 18.0 Å². The molecule has 0 amide bonds. The van der Waals surface area contributed by atoms with E-state index in [9.17, 15) is 5.26 Å². The highest BCUT2D eigenvalue weighted by molar-refractivity contribution is 9.10. The van der Waals surface area contributed by atoms with Crippen LogP contribution in [0.3, 0.4) is 0 Å². The second-order valence-corrected chi connectivity index (χ2v) is 4.89. The van der Waals surface area contributed by atoms with Crippen molar-refractivity contribution in [2.45, 2.75) is 32.7 Å². The van der Waals surface area contributed by atoms with E-state index >= 15 is 0 Å². The van der Waals surface area contributed by atoms with Crippen LogP contribution in [0.5, 0.6) is 0 Å². The fraction of sp³-hybridized carbons (Fsp3) is 0.500. The highest BCUT2D eigenvalue weighted by atomic mass is 79.9. The van der Waals surface area contributed by atoms with Crippen molar-refractivity contribution >= 4 is 15.9 Å². The molecule has 0 aromatic heterocycles. The van der Waals surface area contributed by atoms with E-state index in [1.54, 1.807) is 0 Å². The van der Waals surface area contributed by atoms with E-state index in [1.807, 2.05) is 24.3 Å². The van der Waals surface area contributed by atoms with Gasteiger partial charge in [0.2, 0.25) is 0 Å². The smallest absolute Gasteiger partial charge is 0.124 e. The van der Waals surface area contributed by atoms with Gasteiger partial charge in [-0.25, -0.2) is 0 Å². The fourth-order valence-electron chi connectivity index (χ4n) is 1.88. The van der Waals surface area contributed by atoms with E-state index in [1.165, 1.54) is 0 Å². The summed E-state index contributed by atoms with van der Waals surface area (Å²) in [5.41, 5.74) is 1.06. The summed E-state index contributed by atoms with van der Waals surface area (Å²) < 4.78 is 1.02. The number of hydrogen-bond acceptors (Lipinski definition) is 2. The maximum atomic E-state index is 9.39. The Morgan fingerprint density at radius 3 is 2.59 bits per heavy atom. The number of unbranched alkanes of at least 4 members (excludes halogenated alkanes) is 1. The Morgan fingerprint density at radius 2 is 2.06 bits per heavy atom. The van der Waals surface area contributed by atoms with E-state index in [-0.39, 0.29) is 6.04 Å². The molecule has 1 aromatic carbocycles. The normalized spacial score (nSPS) is 12.4. The van der Waals surface area contributed by atoms with Crippen LogP contribution in [0.2, 0.25) is 0 Å². The van der Waals surface area contributed by atoms with E-state index < -0.39 is 0 Å². The predicted octanol–water partition coefficient (Wildman–Crippen LogP) is 4.14. The van der Waals surface area contributed by atoms with Crippen molar-refractivity contribution in [1.82, 2.24) is 4.90 Å². The molecule has 3 heteroatoms. The topological polar surface area (TPSA) is 27.0 Å². The van der Waals surface area contributed by atoms with Crippen LogP contribution in [-0.2, 0) is 0 Å². The molecule has 1 aromatic rings. The summed E-state index contributed by atoms with van der Waals surface area (Å²) in [6, 6.07) is 10.2. The van der Waals surface area contributed by atoms with Gasteiger partial charge < -0.3 is 0 Å². The number of nitrogens with zero attached hydrogens (tertiary/aromatic N) is 2. The molecular weight excluding hydrogens is 276 g/mol.